The van der Waals surface area contributed by atoms with Crippen molar-refractivity contribution in [1.29, 1.82) is 0 Å². The van der Waals surface area contributed by atoms with Crippen LogP contribution >= 0.6 is 0 Å². The molecule has 90 valence electrons. The summed E-state index contributed by atoms with van der Waals surface area (Å²) in [5, 5.41) is 3.25. The van der Waals surface area contributed by atoms with Crippen LogP contribution in [0, 0.1) is 0 Å². The molecule has 1 N–H and O–H groups in total. The lowest BCUT2D eigenvalue weighted by Gasteiger charge is -2.05. The van der Waals surface area contributed by atoms with Gasteiger partial charge in [0.2, 0.25) is 0 Å². The number of unbranched alkanes of at least 4 members (excludes halogenated alkanes) is 2. The van der Waals surface area contributed by atoms with E-state index in [2.05, 4.69) is 12.2 Å². The molecule has 0 aromatic heterocycles. The fraction of sp³-hybridized carbons (Fsp3) is 0.909. The van der Waals surface area contributed by atoms with Gasteiger partial charge < -0.3 is 14.8 Å². The molecule has 0 rings (SSSR count). The summed E-state index contributed by atoms with van der Waals surface area (Å²) in [4.78, 5) is 10.8. The SMILES string of the molecule is CCCCCNCCOCC(=O)OCC. The maximum Gasteiger partial charge on any atom is 0.332 e. The Morgan fingerprint density at radius 1 is 1.20 bits per heavy atom. The first-order chi connectivity index (χ1) is 7.31. The van der Waals surface area contributed by atoms with E-state index in [1.165, 1.54) is 19.3 Å². The lowest BCUT2D eigenvalue weighted by molar-refractivity contribution is -0.148. The summed E-state index contributed by atoms with van der Waals surface area (Å²) in [7, 11) is 0. The number of hydrogen-bond acceptors (Lipinski definition) is 4. The monoisotopic (exact) mass is 217 g/mol. The smallest absolute Gasteiger partial charge is 0.332 e. The minimum Gasteiger partial charge on any atom is -0.464 e. The average Bonchev–Trinajstić information content (AvgIpc) is 2.22. The molecule has 0 atom stereocenters. The Morgan fingerprint density at radius 3 is 2.67 bits per heavy atom. The molecule has 0 fully saturated rings. The summed E-state index contributed by atoms with van der Waals surface area (Å²) >= 11 is 0. The van der Waals surface area contributed by atoms with Gasteiger partial charge in [0, 0.05) is 6.54 Å². The van der Waals surface area contributed by atoms with Gasteiger partial charge >= 0.3 is 5.97 Å². The number of hydrogen-bond donors (Lipinski definition) is 1. The van der Waals surface area contributed by atoms with Crippen LogP contribution in [-0.2, 0) is 14.3 Å². The molecule has 0 heterocycles. The molecule has 0 spiro atoms. The van der Waals surface area contributed by atoms with E-state index in [4.69, 9.17) is 9.47 Å². The quantitative estimate of drug-likeness (QED) is 0.443. The Bertz CT molecular complexity index is 151. The van der Waals surface area contributed by atoms with E-state index in [1.807, 2.05) is 0 Å². The van der Waals surface area contributed by atoms with Crippen LogP contribution < -0.4 is 5.32 Å². The van der Waals surface area contributed by atoms with Crippen LogP contribution in [0.5, 0.6) is 0 Å². The molecule has 0 aromatic carbocycles. The Kier molecular flexibility index (Phi) is 11.0. The van der Waals surface area contributed by atoms with Crippen molar-refractivity contribution in [3.05, 3.63) is 0 Å². The highest BCUT2D eigenvalue weighted by Gasteiger charge is 1.99. The van der Waals surface area contributed by atoms with Gasteiger partial charge in [0.15, 0.2) is 0 Å². The Balaban J connectivity index is 3.01. The first kappa shape index (κ1) is 14.4. The number of carbonyl (C=O) groups excluding carboxylic acids is 1. The fourth-order valence-corrected chi connectivity index (χ4v) is 1.13. The summed E-state index contributed by atoms with van der Waals surface area (Å²) in [6.07, 6.45) is 3.70. The predicted molar refractivity (Wildman–Crippen MR) is 59.8 cm³/mol. The zero-order chi connectivity index (χ0) is 11.4. The molecule has 0 radical (unpaired) electrons. The summed E-state index contributed by atoms with van der Waals surface area (Å²) in [6, 6.07) is 0. The molecule has 0 amide bonds. The van der Waals surface area contributed by atoms with Crippen LogP contribution in [0.4, 0.5) is 0 Å². The zero-order valence-electron chi connectivity index (χ0n) is 9.88. The second kappa shape index (κ2) is 11.5. The van der Waals surface area contributed by atoms with Gasteiger partial charge in [0.05, 0.1) is 13.2 Å². The second-order valence-electron chi connectivity index (χ2n) is 3.31. The van der Waals surface area contributed by atoms with Crippen molar-refractivity contribution in [2.75, 3.05) is 32.9 Å². The summed E-state index contributed by atoms with van der Waals surface area (Å²) in [5.41, 5.74) is 0. The van der Waals surface area contributed by atoms with E-state index < -0.39 is 0 Å². The lowest BCUT2D eigenvalue weighted by atomic mass is 10.2. The third kappa shape index (κ3) is 11.3. The number of ether oxygens (including phenoxy) is 2. The maximum absolute atomic E-state index is 10.8. The normalized spacial score (nSPS) is 10.3. The molecule has 0 unspecified atom stereocenters. The van der Waals surface area contributed by atoms with E-state index in [1.54, 1.807) is 6.92 Å². The molecular weight excluding hydrogens is 194 g/mol. The van der Waals surface area contributed by atoms with E-state index in [9.17, 15) is 4.79 Å². The minimum atomic E-state index is -0.288. The number of rotatable bonds is 10. The van der Waals surface area contributed by atoms with Crippen molar-refractivity contribution in [1.82, 2.24) is 5.32 Å². The standard InChI is InChI=1S/C11H23NO3/c1-3-5-6-7-12-8-9-14-10-11(13)15-4-2/h12H,3-10H2,1-2H3. The van der Waals surface area contributed by atoms with Crippen LogP contribution in [-0.4, -0.2) is 38.9 Å². The Morgan fingerprint density at radius 2 is 2.00 bits per heavy atom. The molecule has 0 saturated carbocycles. The lowest BCUT2D eigenvalue weighted by Crippen LogP contribution is -2.22. The van der Waals surface area contributed by atoms with Crippen molar-refractivity contribution < 1.29 is 14.3 Å². The minimum absolute atomic E-state index is 0.0600. The number of esters is 1. The third-order valence-electron chi connectivity index (χ3n) is 1.91. The molecule has 15 heavy (non-hydrogen) atoms. The predicted octanol–water partition coefficient (Wildman–Crippen LogP) is 1.35. The second-order valence-corrected chi connectivity index (χ2v) is 3.31. The largest absolute Gasteiger partial charge is 0.464 e. The van der Waals surface area contributed by atoms with E-state index in [-0.39, 0.29) is 12.6 Å². The molecular formula is C11H23NO3. The highest BCUT2D eigenvalue weighted by Crippen LogP contribution is 1.90. The molecule has 0 saturated heterocycles. The van der Waals surface area contributed by atoms with Crippen molar-refractivity contribution in [3.63, 3.8) is 0 Å². The van der Waals surface area contributed by atoms with Gasteiger partial charge in [-0.2, -0.15) is 0 Å². The molecule has 0 aliphatic heterocycles. The molecule has 0 bridgehead atoms. The van der Waals surface area contributed by atoms with E-state index in [0.717, 1.165) is 13.1 Å². The molecule has 4 nitrogen and oxygen atoms in total. The topological polar surface area (TPSA) is 47.6 Å². The Labute approximate surface area is 92.3 Å². The Hall–Kier alpha value is -0.610. The molecule has 0 aliphatic carbocycles. The average molecular weight is 217 g/mol. The van der Waals surface area contributed by atoms with Crippen molar-refractivity contribution in [3.8, 4) is 0 Å². The first-order valence-electron chi connectivity index (χ1n) is 5.75. The van der Waals surface area contributed by atoms with Crippen LogP contribution in [0.2, 0.25) is 0 Å². The molecule has 0 aromatic rings. The van der Waals surface area contributed by atoms with Crippen molar-refractivity contribution in [2.45, 2.75) is 33.1 Å². The van der Waals surface area contributed by atoms with Crippen LogP contribution in [0.3, 0.4) is 0 Å². The molecule has 0 aliphatic rings. The maximum atomic E-state index is 10.8. The van der Waals surface area contributed by atoms with Crippen LogP contribution in [0.1, 0.15) is 33.1 Å². The summed E-state index contributed by atoms with van der Waals surface area (Å²) in [5.74, 6) is -0.288. The zero-order valence-corrected chi connectivity index (χ0v) is 9.88. The van der Waals surface area contributed by atoms with E-state index in [0.29, 0.717) is 13.2 Å². The molecule has 4 heteroatoms. The number of carbonyl (C=O) groups is 1. The van der Waals surface area contributed by atoms with Crippen molar-refractivity contribution >= 4 is 5.97 Å². The van der Waals surface area contributed by atoms with Gasteiger partial charge in [-0.1, -0.05) is 19.8 Å². The van der Waals surface area contributed by atoms with Gasteiger partial charge in [-0.05, 0) is 19.9 Å². The first-order valence-corrected chi connectivity index (χ1v) is 5.75. The van der Waals surface area contributed by atoms with Gasteiger partial charge in [0.1, 0.15) is 6.61 Å². The fourth-order valence-electron chi connectivity index (χ4n) is 1.13. The van der Waals surface area contributed by atoms with Gasteiger partial charge in [0.25, 0.3) is 0 Å². The van der Waals surface area contributed by atoms with Gasteiger partial charge in [-0.3, -0.25) is 0 Å². The van der Waals surface area contributed by atoms with Crippen molar-refractivity contribution in [2.24, 2.45) is 0 Å². The highest BCUT2D eigenvalue weighted by atomic mass is 16.6. The number of nitrogens with one attached hydrogen (secondary N) is 1. The van der Waals surface area contributed by atoms with Gasteiger partial charge in [-0.25, -0.2) is 4.79 Å². The summed E-state index contributed by atoms with van der Waals surface area (Å²) < 4.78 is 9.83. The summed E-state index contributed by atoms with van der Waals surface area (Å²) in [6.45, 7) is 6.82. The van der Waals surface area contributed by atoms with E-state index >= 15 is 0 Å². The highest BCUT2D eigenvalue weighted by molar-refractivity contribution is 5.70. The third-order valence-corrected chi connectivity index (χ3v) is 1.91. The van der Waals surface area contributed by atoms with Gasteiger partial charge in [-0.15, -0.1) is 0 Å². The van der Waals surface area contributed by atoms with Crippen LogP contribution in [0.25, 0.3) is 0 Å². The van der Waals surface area contributed by atoms with Crippen LogP contribution in [0.15, 0.2) is 0 Å².